The monoisotopic (exact) mass is 491 g/mol. The number of hydrogen-bond acceptors (Lipinski definition) is 0. The van der Waals surface area contributed by atoms with E-state index in [2.05, 4.69) is 45.1 Å². The molecule has 1 unspecified atom stereocenters. The first-order chi connectivity index (χ1) is 2.27. The van der Waals surface area contributed by atoms with Crippen molar-refractivity contribution in [2.45, 2.75) is 16.2 Å². The maximum atomic E-state index is 3.38. The van der Waals surface area contributed by atoms with Gasteiger partial charge in [0.05, 0.1) is 0 Å². The zero-order valence-corrected chi connectivity index (χ0v) is 13.4. The van der Waals surface area contributed by atoms with Crippen LogP contribution in [-0.4, -0.2) is 27.1 Å². The van der Waals surface area contributed by atoms with Crippen LogP contribution < -0.4 is 0 Å². The fourth-order valence-corrected chi connectivity index (χ4v) is 0. The summed E-state index contributed by atoms with van der Waals surface area (Å²) in [6.07, 6.45) is 0. The molecule has 0 N–H and O–H groups in total. The van der Waals surface area contributed by atoms with Crippen LogP contribution in [0, 0.1) is 0 Å². The van der Waals surface area contributed by atoms with Crippen LogP contribution in [0.25, 0.3) is 0 Å². The Morgan fingerprint density at radius 2 is 1.50 bits per heavy atom. The fourth-order valence-electron chi connectivity index (χ4n) is 0. The van der Waals surface area contributed by atoms with Gasteiger partial charge in [0.15, 0.2) is 0 Å². The van der Waals surface area contributed by atoms with Crippen molar-refractivity contribution in [2.24, 2.45) is 0 Å². The Morgan fingerprint density at radius 1 is 1.38 bits per heavy atom. The Hall–Kier alpha value is 2.71. The summed E-state index contributed by atoms with van der Waals surface area (Å²) in [5.41, 5.74) is 0. The normalized spacial score (nSPS) is 9.38. The summed E-state index contributed by atoms with van der Waals surface area (Å²) in [6, 6.07) is 0. The second-order valence-electron chi connectivity index (χ2n) is 0.947. The van der Waals surface area contributed by atoms with Gasteiger partial charge in [-0.25, -0.2) is 0 Å². The molecular formula is C3H9Br4Te. The Morgan fingerprint density at radius 3 is 1.50 bits per heavy atom. The van der Waals surface area contributed by atoms with Gasteiger partial charge in [0.25, 0.3) is 0 Å². The van der Waals surface area contributed by atoms with E-state index in [1.54, 1.807) is 0 Å². The van der Waals surface area contributed by atoms with E-state index >= 15 is 0 Å². The van der Waals surface area contributed by atoms with Gasteiger partial charge in [0.2, 0.25) is 0 Å². The molecule has 0 aliphatic heterocycles. The molecule has 0 nitrogen and oxygen atoms in total. The Bertz CT molecular complexity index is 25.2. The summed E-state index contributed by atoms with van der Waals surface area (Å²) >= 11 is 5.47. The van der Waals surface area contributed by atoms with Crippen molar-refractivity contribution < 1.29 is 0 Å². The summed E-state index contributed by atoms with van der Waals surface area (Å²) in [5.74, 6) is 0. The van der Waals surface area contributed by atoms with Crippen LogP contribution in [0.3, 0.4) is 0 Å². The van der Waals surface area contributed by atoms with Gasteiger partial charge in [-0.1, -0.05) is 0 Å². The third-order valence-corrected chi connectivity index (χ3v) is 3.31. The Balaban J connectivity index is -0.0000000267. The summed E-state index contributed by atoms with van der Waals surface area (Å²) in [4.78, 5) is 0.701. The van der Waals surface area contributed by atoms with Crippen molar-refractivity contribution in [3.05, 3.63) is 0 Å². The van der Waals surface area contributed by atoms with Crippen LogP contribution in [-0.2, 0) is 0 Å². The molecule has 0 aromatic carbocycles. The van der Waals surface area contributed by atoms with Crippen molar-refractivity contribution >= 4 is 89.2 Å². The molecule has 0 rings (SSSR count). The van der Waals surface area contributed by atoms with E-state index in [-0.39, 0.29) is 50.9 Å². The standard InChI is InChI=1S/C3H6BrTe.3BrH/c1-3(4)2-5;;;/h3H,2H2,1H3;3*1H. The zero-order chi connectivity index (χ0) is 4.28. The first kappa shape index (κ1) is 22.4. The van der Waals surface area contributed by atoms with Crippen LogP contribution in [0.15, 0.2) is 0 Å². The van der Waals surface area contributed by atoms with Gasteiger partial charge in [0, 0.05) is 0 Å². The van der Waals surface area contributed by atoms with Gasteiger partial charge in [-0.3, -0.25) is 0 Å². The molecule has 55 valence electrons. The number of halogens is 4. The molecule has 0 aliphatic rings. The Kier molecular flexibility index (Phi) is 45.9. The van der Waals surface area contributed by atoms with Gasteiger partial charge in [-0.05, 0) is 0 Å². The van der Waals surface area contributed by atoms with Crippen LogP contribution in [0.1, 0.15) is 6.92 Å². The third kappa shape index (κ3) is 23.3. The van der Waals surface area contributed by atoms with Crippen molar-refractivity contribution in [3.63, 3.8) is 0 Å². The van der Waals surface area contributed by atoms with E-state index in [0.717, 1.165) is 0 Å². The summed E-state index contributed by atoms with van der Waals surface area (Å²) < 4.78 is 1.23. The zero-order valence-electron chi connectivity index (χ0n) is 4.30. The van der Waals surface area contributed by atoms with E-state index in [9.17, 15) is 0 Å². The molecule has 0 amide bonds. The first-order valence-corrected chi connectivity index (χ1v) is 4.06. The van der Waals surface area contributed by atoms with E-state index < -0.39 is 0 Å². The SMILES string of the molecule is Br.Br.Br.CC(Br)C[Te]. The average molecular weight is 492 g/mol. The molecule has 0 saturated heterocycles. The molecule has 0 aromatic rings. The molecule has 0 aliphatic carbocycles. The van der Waals surface area contributed by atoms with Crippen LogP contribution in [0.2, 0.25) is 4.47 Å². The molecule has 0 aromatic heterocycles. The van der Waals surface area contributed by atoms with Gasteiger partial charge >= 0.3 is 54.4 Å². The van der Waals surface area contributed by atoms with Gasteiger partial charge in [-0.15, -0.1) is 50.9 Å². The molecule has 0 spiro atoms. The van der Waals surface area contributed by atoms with Crippen LogP contribution >= 0.6 is 66.9 Å². The van der Waals surface area contributed by atoms with Crippen LogP contribution in [0.4, 0.5) is 0 Å². The Labute approximate surface area is 104 Å². The number of alkyl halides is 1. The van der Waals surface area contributed by atoms with E-state index in [4.69, 9.17) is 0 Å². The minimum atomic E-state index is 0. The van der Waals surface area contributed by atoms with Crippen molar-refractivity contribution in [1.82, 2.24) is 0 Å². The van der Waals surface area contributed by atoms with E-state index in [0.29, 0.717) is 4.83 Å². The molecule has 8 heavy (non-hydrogen) atoms. The molecular weight excluding hydrogens is 483 g/mol. The molecule has 0 bridgehead atoms. The van der Waals surface area contributed by atoms with Crippen molar-refractivity contribution in [3.8, 4) is 0 Å². The summed E-state index contributed by atoms with van der Waals surface area (Å²) in [5, 5.41) is 0. The third-order valence-electron chi connectivity index (χ3n) is 0.230. The number of hydrogen-bond donors (Lipinski definition) is 0. The molecule has 0 fully saturated rings. The van der Waals surface area contributed by atoms with Crippen molar-refractivity contribution in [1.29, 1.82) is 0 Å². The van der Waals surface area contributed by atoms with Gasteiger partial charge < -0.3 is 0 Å². The predicted octanol–water partition coefficient (Wildman–Crippen LogP) is 3.09. The molecule has 5 heteroatoms. The summed E-state index contributed by atoms with van der Waals surface area (Å²) in [7, 11) is 0. The summed E-state index contributed by atoms with van der Waals surface area (Å²) in [6.45, 7) is 2.14. The predicted molar refractivity (Wildman–Crippen MR) is 59.9 cm³/mol. The molecule has 0 saturated carbocycles. The fraction of sp³-hybridized carbons (Fsp3) is 1.00. The quantitative estimate of drug-likeness (QED) is 0.390. The number of rotatable bonds is 1. The van der Waals surface area contributed by atoms with Crippen LogP contribution in [0.5, 0.6) is 0 Å². The van der Waals surface area contributed by atoms with Gasteiger partial charge in [0.1, 0.15) is 0 Å². The van der Waals surface area contributed by atoms with Crippen molar-refractivity contribution in [2.75, 3.05) is 0 Å². The second kappa shape index (κ2) is 16.4. The maximum absolute atomic E-state index is 3.38. The first-order valence-electron chi connectivity index (χ1n) is 1.49. The van der Waals surface area contributed by atoms with Gasteiger partial charge in [-0.2, -0.15) is 0 Å². The molecule has 1 atom stereocenters. The molecule has 1 radical (unpaired) electrons. The average Bonchev–Trinajstić information content (AvgIpc) is 1.38. The van der Waals surface area contributed by atoms with E-state index in [1.807, 2.05) is 0 Å². The van der Waals surface area contributed by atoms with E-state index in [1.165, 1.54) is 4.47 Å². The minimum absolute atomic E-state index is 0. The second-order valence-corrected chi connectivity index (χ2v) is 3.46. The molecule has 0 heterocycles. The topological polar surface area (TPSA) is 0 Å².